The molecule has 4 amide bonds. The molecular formula is C23H34N4O8. The maximum absolute atomic E-state index is 12.5. The number of unbranched alkanes of at least 4 members (excludes halogenated alkanes) is 1. The van der Waals surface area contributed by atoms with Crippen molar-refractivity contribution >= 4 is 30.0 Å². The van der Waals surface area contributed by atoms with Gasteiger partial charge in [0.25, 0.3) is 0 Å². The van der Waals surface area contributed by atoms with Crippen LogP contribution in [0.1, 0.15) is 45.6 Å². The van der Waals surface area contributed by atoms with E-state index in [0.29, 0.717) is 19.4 Å². The first kappa shape index (κ1) is 29.2. The summed E-state index contributed by atoms with van der Waals surface area (Å²) in [7, 11) is 0. The second-order valence-corrected chi connectivity index (χ2v) is 8.57. The summed E-state index contributed by atoms with van der Waals surface area (Å²) in [4.78, 5) is 58.6. The van der Waals surface area contributed by atoms with Crippen molar-refractivity contribution in [2.45, 2.75) is 58.3 Å². The lowest BCUT2D eigenvalue weighted by Gasteiger charge is -2.23. The smallest absolute Gasteiger partial charge is 0.408 e. The first-order valence-electron chi connectivity index (χ1n) is 11.2. The first-order chi connectivity index (χ1) is 16.5. The van der Waals surface area contributed by atoms with Gasteiger partial charge in [-0.15, -0.1) is 0 Å². The second-order valence-electron chi connectivity index (χ2n) is 8.57. The van der Waals surface area contributed by atoms with Crippen molar-refractivity contribution in [3.05, 3.63) is 35.9 Å². The van der Waals surface area contributed by atoms with Gasteiger partial charge in [0.1, 0.15) is 24.8 Å². The summed E-state index contributed by atoms with van der Waals surface area (Å²) < 4.78 is 10.3. The van der Waals surface area contributed by atoms with Gasteiger partial charge in [-0.25, -0.2) is 9.59 Å². The van der Waals surface area contributed by atoms with Crippen LogP contribution in [0.25, 0.3) is 0 Å². The Balaban J connectivity index is 2.46. The Morgan fingerprint density at radius 3 is 2.23 bits per heavy atom. The predicted molar refractivity (Wildman–Crippen MR) is 125 cm³/mol. The third-order valence-corrected chi connectivity index (χ3v) is 4.27. The van der Waals surface area contributed by atoms with E-state index in [1.165, 1.54) is 0 Å². The van der Waals surface area contributed by atoms with Gasteiger partial charge >= 0.3 is 18.2 Å². The highest BCUT2D eigenvalue weighted by molar-refractivity contribution is 5.90. The van der Waals surface area contributed by atoms with E-state index < -0.39 is 54.7 Å². The Labute approximate surface area is 204 Å². The van der Waals surface area contributed by atoms with Crippen LogP contribution in [-0.2, 0) is 30.5 Å². The quantitative estimate of drug-likeness (QED) is 0.255. The van der Waals surface area contributed by atoms with Crippen molar-refractivity contribution < 1.29 is 38.6 Å². The van der Waals surface area contributed by atoms with Crippen LogP contribution < -0.4 is 21.3 Å². The van der Waals surface area contributed by atoms with Crippen LogP contribution in [0.15, 0.2) is 30.3 Å². The number of alkyl carbamates (subject to hydrolysis) is 2. The van der Waals surface area contributed by atoms with Crippen molar-refractivity contribution in [2.75, 3.05) is 19.6 Å². The molecule has 194 valence electrons. The largest absolute Gasteiger partial charge is 0.480 e. The van der Waals surface area contributed by atoms with Gasteiger partial charge in [0.2, 0.25) is 11.8 Å². The molecule has 0 aromatic heterocycles. The Bertz CT molecular complexity index is 855. The average molecular weight is 495 g/mol. The first-order valence-corrected chi connectivity index (χ1v) is 11.2. The molecule has 1 atom stereocenters. The summed E-state index contributed by atoms with van der Waals surface area (Å²) in [6.07, 6.45) is -0.196. The van der Waals surface area contributed by atoms with Crippen LogP contribution in [0.4, 0.5) is 9.59 Å². The predicted octanol–water partition coefficient (Wildman–Crippen LogP) is 1.29. The zero-order chi connectivity index (χ0) is 26.3. The molecule has 1 aromatic carbocycles. The minimum Gasteiger partial charge on any atom is -0.480 e. The van der Waals surface area contributed by atoms with Gasteiger partial charge in [0.15, 0.2) is 0 Å². The fraction of sp³-hybridized carbons (Fsp3) is 0.522. The summed E-state index contributed by atoms with van der Waals surface area (Å²) in [5.41, 5.74) is 0.0904. The molecule has 0 bridgehead atoms. The summed E-state index contributed by atoms with van der Waals surface area (Å²) >= 11 is 0. The lowest BCUT2D eigenvalue weighted by atomic mass is 10.1. The number of ether oxygens (including phenoxy) is 2. The number of carboxylic acids is 1. The monoisotopic (exact) mass is 494 g/mol. The molecule has 12 nitrogen and oxygen atoms in total. The van der Waals surface area contributed by atoms with Gasteiger partial charge in [-0.1, -0.05) is 30.3 Å². The van der Waals surface area contributed by atoms with Crippen LogP contribution >= 0.6 is 0 Å². The van der Waals surface area contributed by atoms with Crippen LogP contribution in [-0.4, -0.2) is 66.4 Å². The molecular weight excluding hydrogens is 460 g/mol. The molecule has 0 fully saturated rings. The van der Waals surface area contributed by atoms with Crippen LogP contribution in [0, 0.1) is 0 Å². The Kier molecular flexibility index (Phi) is 12.6. The van der Waals surface area contributed by atoms with Gasteiger partial charge < -0.3 is 35.8 Å². The number of aliphatic carboxylic acids is 1. The molecule has 0 saturated heterocycles. The molecule has 1 unspecified atom stereocenters. The van der Waals surface area contributed by atoms with E-state index in [0.717, 1.165) is 5.56 Å². The van der Waals surface area contributed by atoms with Gasteiger partial charge in [-0.2, -0.15) is 0 Å². The Hall–Kier alpha value is -3.83. The number of hydrogen-bond acceptors (Lipinski definition) is 7. The molecule has 35 heavy (non-hydrogen) atoms. The Morgan fingerprint density at radius 2 is 1.60 bits per heavy atom. The van der Waals surface area contributed by atoms with Gasteiger partial charge in [-0.3, -0.25) is 14.4 Å². The zero-order valence-corrected chi connectivity index (χ0v) is 20.2. The number of rotatable bonds is 13. The fourth-order valence-corrected chi connectivity index (χ4v) is 2.68. The van der Waals surface area contributed by atoms with E-state index in [1.54, 1.807) is 20.8 Å². The molecule has 0 heterocycles. The Morgan fingerprint density at radius 1 is 0.914 bits per heavy atom. The van der Waals surface area contributed by atoms with Crippen molar-refractivity contribution in [1.29, 1.82) is 0 Å². The molecule has 5 N–H and O–H groups in total. The van der Waals surface area contributed by atoms with E-state index >= 15 is 0 Å². The molecule has 1 aromatic rings. The SMILES string of the molecule is CC(C)(C)OC(=O)NC(CCCCNC(=O)OCc1ccccc1)C(=O)NCC(=O)NCC(=O)O. The number of carbonyl (C=O) groups excluding carboxylic acids is 4. The van der Waals surface area contributed by atoms with Crippen molar-refractivity contribution in [3.8, 4) is 0 Å². The summed E-state index contributed by atoms with van der Waals surface area (Å²) in [5.74, 6) is -2.53. The lowest BCUT2D eigenvalue weighted by molar-refractivity contribution is -0.137. The third-order valence-electron chi connectivity index (χ3n) is 4.27. The highest BCUT2D eigenvalue weighted by Crippen LogP contribution is 2.08. The summed E-state index contributed by atoms with van der Waals surface area (Å²) in [6.45, 7) is 4.45. The molecule has 0 saturated carbocycles. The van der Waals surface area contributed by atoms with Crippen molar-refractivity contribution in [1.82, 2.24) is 21.3 Å². The van der Waals surface area contributed by atoms with Crippen LogP contribution in [0.3, 0.4) is 0 Å². The topological polar surface area (TPSA) is 172 Å². The highest BCUT2D eigenvalue weighted by atomic mass is 16.6. The molecule has 0 aliphatic rings. The summed E-state index contributed by atoms with van der Waals surface area (Å²) in [6, 6.07) is 8.23. The highest BCUT2D eigenvalue weighted by Gasteiger charge is 2.24. The minimum absolute atomic E-state index is 0.148. The van der Waals surface area contributed by atoms with Crippen LogP contribution in [0.5, 0.6) is 0 Å². The van der Waals surface area contributed by atoms with Gasteiger partial charge in [0, 0.05) is 6.54 Å². The van der Waals surface area contributed by atoms with E-state index in [4.69, 9.17) is 14.6 Å². The fourth-order valence-electron chi connectivity index (χ4n) is 2.68. The lowest BCUT2D eigenvalue weighted by Crippen LogP contribution is -2.50. The number of carbonyl (C=O) groups is 5. The van der Waals surface area contributed by atoms with E-state index in [1.807, 2.05) is 30.3 Å². The zero-order valence-electron chi connectivity index (χ0n) is 20.2. The maximum atomic E-state index is 12.5. The molecule has 0 radical (unpaired) electrons. The second kappa shape index (κ2) is 15.1. The van der Waals surface area contributed by atoms with E-state index in [2.05, 4.69) is 21.3 Å². The number of amides is 4. The van der Waals surface area contributed by atoms with Crippen molar-refractivity contribution in [2.24, 2.45) is 0 Å². The number of carboxylic acid groups (broad SMARTS) is 1. The molecule has 0 aliphatic carbocycles. The van der Waals surface area contributed by atoms with E-state index in [-0.39, 0.29) is 13.0 Å². The molecule has 0 spiro atoms. The van der Waals surface area contributed by atoms with E-state index in [9.17, 15) is 24.0 Å². The molecule has 0 aliphatic heterocycles. The van der Waals surface area contributed by atoms with Gasteiger partial charge in [-0.05, 0) is 45.6 Å². The molecule has 1 rings (SSSR count). The number of hydrogen-bond donors (Lipinski definition) is 5. The molecule has 12 heteroatoms. The minimum atomic E-state index is -1.22. The standard InChI is InChI=1S/C23H34N4O8/c1-23(2,3)35-22(33)27-17(20(31)26-13-18(28)25-14-19(29)30)11-7-8-12-24-21(32)34-15-16-9-5-4-6-10-16/h4-6,9-10,17H,7-8,11-15H2,1-3H3,(H,24,32)(H,25,28)(H,26,31)(H,27,33)(H,29,30). The van der Waals surface area contributed by atoms with Crippen LogP contribution in [0.2, 0.25) is 0 Å². The third kappa shape index (κ3) is 14.8. The summed E-state index contributed by atoms with van der Waals surface area (Å²) in [5, 5.41) is 18.2. The number of nitrogens with one attached hydrogen (secondary N) is 4. The van der Waals surface area contributed by atoms with Crippen molar-refractivity contribution in [3.63, 3.8) is 0 Å². The number of benzene rings is 1. The normalized spacial score (nSPS) is 11.5. The maximum Gasteiger partial charge on any atom is 0.408 e. The average Bonchev–Trinajstić information content (AvgIpc) is 2.78. The van der Waals surface area contributed by atoms with Gasteiger partial charge in [0.05, 0.1) is 6.54 Å².